The molecule has 0 unspecified atom stereocenters. The van der Waals surface area contributed by atoms with Gasteiger partial charge in [-0.1, -0.05) is 43.3 Å². The van der Waals surface area contributed by atoms with Gasteiger partial charge in [0.05, 0.1) is 11.9 Å². The topological polar surface area (TPSA) is 69.7 Å². The third-order valence-electron chi connectivity index (χ3n) is 6.03. The summed E-state index contributed by atoms with van der Waals surface area (Å²) in [6.45, 7) is 9.26. The molecule has 1 saturated heterocycles. The van der Waals surface area contributed by atoms with E-state index in [-0.39, 0.29) is 5.91 Å². The van der Waals surface area contributed by atoms with Crippen molar-refractivity contribution in [3.05, 3.63) is 64.7 Å². The molecule has 2 aromatic rings. The van der Waals surface area contributed by atoms with Gasteiger partial charge in [0.15, 0.2) is 0 Å². The van der Waals surface area contributed by atoms with E-state index in [4.69, 9.17) is 0 Å². The van der Waals surface area contributed by atoms with Crippen LogP contribution in [0.3, 0.4) is 0 Å². The second kappa shape index (κ2) is 10.5. The summed E-state index contributed by atoms with van der Waals surface area (Å²) in [4.78, 5) is 15.5. The predicted molar refractivity (Wildman–Crippen MR) is 130 cm³/mol. The molecule has 0 saturated carbocycles. The van der Waals surface area contributed by atoms with E-state index < -0.39 is 16.1 Å². The highest BCUT2D eigenvalue weighted by molar-refractivity contribution is 7.92. The van der Waals surface area contributed by atoms with Crippen molar-refractivity contribution in [2.75, 3.05) is 23.7 Å². The lowest BCUT2D eigenvalue weighted by Crippen LogP contribution is -2.49. The van der Waals surface area contributed by atoms with E-state index in [0.29, 0.717) is 18.7 Å². The number of aryl methyl sites for hydroxylation is 2. The predicted octanol–water partition coefficient (Wildman–Crippen LogP) is 3.76. The molecule has 32 heavy (non-hydrogen) atoms. The smallest absolute Gasteiger partial charge is 0.244 e. The Morgan fingerprint density at radius 2 is 1.69 bits per heavy atom. The molecule has 2 aromatic carbocycles. The summed E-state index contributed by atoms with van der Waals surface area (Å²) in [5.41, 5.74) is 4.59. The van der Waals surface area contributed by atoms with Crippen molar-refractivity contribution >= 4 is 21.6 Å². The number of benzene rings is 2. The van der Waals surface area contributed by atoms with Crippen LogP contribution < -0.4 is 9.62 Å². The molecule has 0 radical (unpaired) electrons. The van der Waals surface area contributed by atoms with Gasteiger partial charge < -0.3 is 5.32 Å². The lowest BCUT2D eigenvalue weighted by Gasteiger charge is -2.31. The van der Waals surface area contributed by atoms with Gasteiger partial charge in [0.1, 0.15) is 6.04 Å². The molecular formula is C25H35N3O3S. The van der Waals surface area contributed by atoms with Crippen molar-refractivity contribution in [3.8, 4) is 0 Å². The van der Waals surface area contributed by atoms with E-state index in [0.717, 1.165) is 42.6 Å². The standard InChI is InChI=1S/C25H35N3O3S/c1-5-23(28(32(4,30)31)24-16-19(2)8-9-20(24)3)25(29)26-17-21-10-12-22(13-11-21)18-27-14-6-7-15-27/h8-13,16,23H,5-7,14-15,17-18H2,1-4H3,(H,26,29)/t23-/m1/s1. The SMILES string of the molecule is CC[C@H](C(=O)NCc1ccc(CN2CCCC2)cc1)N(c1cc(C)ccc1C)S(C)(=O)=O. The van der Waals surface area contributed by atoms with Crippen molar-refractivity contribution in [2.24, 2.45) is 0 Å². The van der Waals surface area contributed by atoms with E-state index >= 15 is 0 Å². The van der Waals surface area contributed by atoms with Crippen molar-refractivity contribution in [3.63, 3.8) is 0 Å². The number of likely N-dealkylation sites (tertiary alicyclic amines) is 1. The maximum Gasteiger partial charge on any atom is 0.244 e. The molecular weight excluding hydrogens is 422 g/mol. The Kier molecular flexibility index (Phi) is 7.96. The van der Waals surface area contributed by atoms with Crippen LogP contribution in [-0.2, 0) is 27.9 Å². The van der Waals surface area contributed by atoms with E-state index in [1.54, 1.807) is 0 Å². The van der Waals surface area contributed by atoms with Crippen molar-refractivity contribution in [1.29, 1.82) is 0 Å². The number of nitrogens with zero attached hydrogens (tertiary/aromatic N) is 2. The Morgan fingerprint density at radius 1 is 1.06 bits per heavy atom. The fourth-order valence-electron chi connectivity index (χ4n) is 4.26. The molecule has 1 aliphatic rings. The minimum atomic E-state index is -3.65. The molecule has 174 valence electrons. The zero-order chi connectivity index (χ0) is 23.3. The quantitative estimate of drug-likeness (QED) is 0.623. The monoisotopic (exact) mass is 457 g/mol. The normalized spacial score (nSPS) is 15.5. The van der Waals surface area contributed by atoms with Crippen LogP contribution in [0, 0.1) is 13.8 Å². The third-order valence-corrected chi connectivity index (χ3v) is 7.19. The summed E-state index contributed by atoms with van der Waals surface area (Å²) in [5.74, 6) is -0.292. The van der Waals surface area contributed by atoms with Gasteiger partial charge in [0, 0.05) is 13.1 Å². The molecule has 6 nitrogen and oxygen atoms in total. The molecule has 3 rings (SSSR count). The number of carbonyl (C=O) groups excluding carboxylic acids is 1. The Morgan fingerprint density at radius 3 is 2.28 bits per heavy atom. The molecule has 1 N–H and O–H groups in total. The molecule has 0 spiro atoms. The first-order chi connectivity index (χ1) is 15.2. The number of amides is 1. The summed E-state index contributed by atoms with van der Waals surface area (Å²) in [6, 6.07) is 13.1. The average molecular weight is 458 g/mol. The van der Waals surface area contributed by atoms with Crippen LogP contribution in [0.4, 0.5) is 5.69 Å². The van der Waals surface area contributed by atoms with E-state index in [1.807, 2.05) is 51.1 Å². The largest absolute Gasteiger partial charge is 0.350 e. The summed E-state index contributed by atoms with van der Waals surface area (Å²) in [5, 5.41) is 2.94. The Labute approximate surface area is 192 Å². The maximum atomic E-state index is 13.1. The van der Waals surface area contributed by atoms with Crippen LogP contribution in [0.15, 0.2) is 42.5 Å². The minimum absolute atomic E-state index is 0.292. The first-order valence-corrected chi connectivity index (χ1v) is 13.2. The van der Waals surface area contributed by atoms with Crippen molar-refractivity contribution in [2.45, 2.75) is 59.2 Å². The molecule has 1 aliphatic heterocycles. The lowest BCUT2D eigenvalue weighted by atomic mass is 10.1. The number of nitrogens with one attached hydrogen (secondary N) is 1. The van der Waals surface area contributed by atoms with E-state index in [2.05, 4.69) is 22.3 Å². The van der Waals surface area contributed by atoms with Gasteiger partial charge in [0.25, 0.3) is 0 Å². The minimum Gasteiger partial charge on any atom is -0.350 e. The second-order valence-corrected chi connectivity index (χ2v) is 10.6. The number of hydrogen-bond donors (Lipinski definition) is 1. The third kappa shape index (κ3) is 6.11. The number of rotatable bonds is 9. The summed E-state index contributed by atoms with van der Waals surface area (Å²) >= 11 is 0. The van der Waals surface area contributed by atoms with Gasteiger partial charge >= 0.3 is 0 Å². The highest BCUT2D eigenvalue weighted by Crippen LogP contribution is 2.27. The number of carbonyl (C=O) groups is 1. The van der Waals surface area contributed by atoms with E-state index in [1.165, 1.54) is 22.7 Å². The van der Waals surface area contributed by atoms with Crippen LogP contribution >= 0.6 is 0 Å². The summed E-state index contributed by atoms with van der Waals surface area (Å²) < 4.78 is 26.7. The van der Waals surface area contributed by atoms with Crippen LogP contribution in [0.25, 0.3) is 0 Å². The summed E-state index contributed by atoms with van der Waals surface area (Å²) in [7, 11) is -3.65. The van der Waals surface area contributed by atoms with E-state index in [9.17, 15) is 13.2 Å². The highest BCUT2D eigenvalue weighted by Gasteiger charge is 2.32. The first-order valence-electron chi connectivity index (χ1n) is 11.3. The van der Waals surface area contributed by atoms with Gasteiger partial charge in [0.2, 0.25) is 15.9 Å². The molecule has 0 aromatic heterocycles. The molecule has 1 heterocycles. The number of sulfonamides is 1. The van der Waals surface area contributed by atoms with Crippen molar-refractivity contribution < 1.29 is 13.2 Å². The van der Waals surface area contributed by atoms with Gasteiger partial charge in [-0.2, -0.15) is 0 Å². The maximum absolute atomic E-state index is 13.1. The highest BCUT2D eigenvalue weighted by atomic mass is 32.2. The fraction of sp³-hybridized carbons (Fsp3) is 0.480. The Bertz CT molecular complexity index is 1030. The van der Waals surface area contributed by atoms with Gasteiger partial charge in [-0.15, -0.1) is 0 Å². The Balaban J connectivity index is 1.70. The molecule has 1 amide bonds. The zero-order valence-corrected chi connectivity index (χ0v) is 20.4. The van der Waals surface area contributed by atoms with Crippen molar-refractivity contribution in [1.82, 2.24) is 10.2 Å². The molecule has 1 atom stereocenters. The number of hydrogen-bond acceptors (Lipinski definition) is 4. The average Bonchev–Trinajstić information content (AvgIpc) is 3.25. The van der Waals surface area contributed by atoms with Crippen LogP contribution in [0.2, 0.25) is 0 Å². The zero-order valence-electron chi connectivity index (χ0n) is 19.6. The van der Waals surface area contributed by atoms with Gasteiger partial charge in [-0.25, -0.2) is 8.42 Å². The number of anilines is 1. The fourth-order valence-corrected chi connectivity index (χ4v) is 5.52. The van der Waals surface area contributed by atoms with Crippen LogP contribution in [0.1, 0.15) is 48.4 Å². The Hall–Kier alpha value is -2.38. The van der Waals surface area contributed by atoms with Crippen LogP contribution in [-0.4, -0.2) is 44.6 Å². The molecule has 7 heteroatoms. The summed E-state index contributed by atoms with van der Waals surface area (Å²) in [6.07, 6.45) is 4.08. The van der Waals surface area contributed by atoms with Crippen LogP contribution in [0.5, 0.6) is 0 Å². The van der Waals surface area contributed by atoms with Gasteiger partial charge in [-0.3, -0.25) is 14.0 Å². The molecule has 0 aliphatic carbocycles. The second-order valence-electron chi connectivity index (χ2n) is 8.79. The first kappa shape index (κ1) is 24.3. The van der Waals surface area contributed by atoms with Gasteiger partial charge in [-0.05, 0) is 74.5 Å². The lowest BCUT2D eigenvalue weighted by molar-refractivity contribution is -0.122. The molecule has 0 bridgehead atoms. The molecule has 1 fully saturated rings.